The molecule has 0 aromatic carbocycles. The number of ether oxygens (including phenoxy) is 2. The Labute approximate surface area is 121 Å². The summed E-state index contributed by atoms with van der Waals surface area (Å²) in [5.41, 5.74) is 0. The van der Waals surface area contributed by atoms with Gasteiger partial charge in [-0.25, -0.2) is 0 Å². The molecule has 20 heavy (non-hydrogen) atoms. The minimum Gasteiger partial charge on any atom is -0.870 e. The summed E-state index contributed by atoms with van der Waals surface area (Å²) >= 11 is 0. The van der Waals surface area contributed by atoms with Crippen molar-refractivity contribution in [3.63, 3.8) is 0 Å². The van der Waals surface area contributed by atoms with Crippen LogP contribution in [0.4, 0.5) is 0 Å². The number of nitrogens with zero attached hydrogens (tertiary/aromatic N) is 1. The largest absolute Gasteiger partial charge is 0.870 e. The Balaban J connectivity index is 0. The van der Waals surface area contributed by atoms with Crippen LogP contribution in [0.3, 0.4) is 0 Å². The average Bonchev–Trinajstić information content (AvgIpc) is 2.27. The van der Waals surface area contributed by atoms with Crippen LogP contribution in [0.5, 0.6) is 0 Å². The number of unbranched alkanes of at least 4 members (excludes halogenated alkanes) is 1. The fourth-order valence-corrected chi connectivity index (χ4v) is 1.75. The summed E-state index contributed by atoms with van der Waals surface area (Å²) in [5, 5.41) is 0. The van der Waals surface area contributed by atoms with Gasteiger partial charge in [0.25, 0.3) is 0 Å². The Morgan fingerprint density at radius 1 is 0.950 bits per heavy atom. The van der Waals surface area contributed by atoms with Gasteiger partial charge in [0.1, 0.15) is 0 Å². The molecule has 0 unspecified atom stereocenters. The predicted molar refractivity (Wildman–Crippen MR) is 75.4 cm³/mol. The minimum atomic E-state index is -0.771. The highest BCUT2D eigenvalue weighted by Gasteiger charge is 2.28. The topological polar surface area (TPSA) is 82.6 Å². The number of hydrogen-bond donors (Lipinski definition) is 0. The van der Waals surface area contributed by atoms with Gasteiger partial charge in [-0.15, -0.1) is 0 Å². The SMILES string of the molecule is CCOC(=O)C(CCCC[N+](C)(C)C)C(=O)OCC.[OH-]. The van der Waals surface area contributed by atoms with Crippen molar-refractivity contribution in [1.82, 2.24) is 0 Å². The van der Waals surface area contributed by atoms with Crippen molar-refractivity contribution in [3.05, 3.63) is 0 Å². The van der Waals surface area contributed by atoms with Gasteiger partial charge in [-0.1, -0.05) is 0 Å². The second-order valence-corrected chi connectivity index (χ2v) is 5.57. The van der Waals surface area contributed by atoms with E-state index in [0.29, 0.717) is 6.42 Å². The standard InChI is InChI=1S/C14H28NO4.H2O/c1-6-18-13(16)12(14(17)19-7-2)10-8-9-11-15(3,4)5;/h12H,6-11H2,1-5H3;1H2/q+1;/p-1. The molecule has 6 heteroatoms. The predicted octanol–water partition coefficient (Wildman–Crippen LogP) is 1.43. The van der Waals surface area contributed by atoms with Gasteiger partial charge in [0, 0.05) is 0 Å². The van der Waals surface area contributed by atoms with Crippen LogP contribution in [-0.4, -0.2) is 62.8 Å². The van der Waals surface area contributed by atoms with E-state index in [9.17, 15) is 9.59 Å². The number of rotatable bonds is 9. The van der Waals surface area contributed by atoms with Crippen molar-refractivity contribution in [2.24, 2.45) is 5.92 Å². The number of carbonyl (C=O) groups is 2. The summed E-state index contributed by atoms with van der Waals surface area (Å²) in [6.07, 6.45) is 2.29. The lowest BCUT2D eigenvalue weighted by molar-refractivity contribution is -0.870. The highest BCUT2D eigenvalue weighted by molar-refractivity contribution is 5.94. The highest BCUT2D eigenvalue weighted by atomic mass is 16.6. The third-order valence-corrected chi connectivity index (χ3v) is 2.71. The second-order valence-electron chi connectivity index (χ2n) is 5.57. The van der Waals surface area contributed by atoms with E-state index in [2.05, 4.69) is 21.1 Å². The van der Waals surface area contributed by atoms with Gasteiger partial charge in [-0.05, 0) is 33.1 Å². The number of hydrogen-bond acceptors (Lipinski definition) is 5. The summed E-state index contributed by atoms with van der Waals surface area (Å²) in [7, 11) is 6.36. The van der Waals surface area contributed by atoms with E-state index in [0.717, 1.165) is 23.9 Å². The van der Waals surface area contributed by atoms with Gasteiger partial charge in [0.05, 0.1) is 40.9 Å². The maximum Gasteiger partial charge on any atom is 0.320 e. The second kappa shape index (κ2) is 10.6. The van der Waals surface area contributed by atoms with Crippen LogP contribution in [0.2, 0.25) is 0 Å². The maximum absolute atomic E-state index is 11.7. The lowest BCUT2D eigenvalue weighted by Gasteiger charge is -2.24. The summed E-state index contributed by atoms with van der Waals surface area (Å²) in [6.45, 7) is 5.05. The molecule has 1 N–H and O–H groups in total. The Hall–Kier alpha value is -1.14. The van der Waals surface area contributed by atoms with Crippen LogP contribution >= 0.6 is 0 Å². The van der Waals surface area contributed by atoms with Crippen LogP contribution in [0, 0.1) is 5.92 Å². The minimum absolute atomic E-state index is 0. The third kappa shape index (κ3) is 9.75. The van der Waals surface area contributed by atoms with Crippen LogP contribution in [-0.2, 0) is 19.1 Å². The fourth-order valence-electron chi connectivity index (χ4n) is 1.75. The van der Waals surface area contributed by atoms with E-state index in [1.165, 1.54) is 0 Å². The first-order valence-corrected chi connectivity index (χ1v) is 6.95. The zero-order chi connectivity index (χ0) is 14.9. The number of esters is 2. The monoisotopic (exact) mass is 291 g/mol. The molecule has 0 saturated heterocycles. The van der Waals surface area contributed by atoms with E-state index < -0.39 is 17.9 Å². The first kappa shape index (κ1) is 21.2. The molecule has 0 atom stereocenters. The van der Waals surface area contributed by atoms with Crippen molar-refractivity contribution in [2.75, 3.05) is 40.9 Å². The lowest BCUT2D eigenvalue weighted by atomic mass is 10.0. The number of carbonyl (C=O) groups excluding carboxylic acids is 2. The zero-order valence-corrected chi connectivity index (χ0v) is 13.3. The first-order valence-electron chi connectivity index (χ1n) is 6.95. The molecular formula is C14H29NO5. The van der Waals surface area contributed by atoms with Crippen LogP contribution in [0.15, 0.2) is 0 Å². The third-order valence-electron chi connectivity index (χ3n) is 2.71. The van der Waals surface area contributed by atoms with Gasteiger partial charge >= 0.3 is 11.9 Å². The number of quaternary nitrogens is 1. The van der Waals surface area contributed by atoms with Gasteiger partial charge in [0.15, 0.2) is 5.92 Å². The summed E-state index contributed by atoms with van der Waals surface area (Å²) in [5.74, 6) is -1.70. The van der Waals surface area contributed by atoms with E-state index >= 15 is 0 Å². The van der Waals surface area contributed by atoms with Gasteiger partial charge in [-0.3, -0.25) is 9.59 Å². The Bertz CT molecular complexity index is 268. The van der Waals surface area contributed by atoms with Crippen molar-refractivity contribution in [3.8, 4) is 0 Å². The Morgan fingerprint density at radius 3 is 1.75 bits per heavy atom. The smallest absolute Gasteiger partial charge is 0.320 e. The first-order chi connectivity index (χ1) is 8.81. The Morgan fingerprint density at radius 2 is 1.40 bits per heavy atom. The summed E-state index contributed by atoms with van der Waals surface area (Å²) in [6, 6.07) is 0. The highest BCUT2D eigenvalue weighted by Crippen LogP contribution is 2.14. The molecule has 0 spiro atoms. The van der Waals surface area contributed by atoms with E-state index in [-0.39, 0.29) is 18.7 Å². The molecule has 0 aliphatic heterocycles. The molecule has 0 heterocycles. The molecule has 0 aromatic rings. The zero-order valence-electron chi connectivity index (χ0n) is 13.3. The molecule has 0 rings (SSSR count). The molecule has 0 amide bonds. The molecule has 0 saturated carbocycles. The fraction of sp³-hybridized carbons (Fsp3) is 0.857. The molecule has 0 aliphatic rings. The van der Waals surface area contributed by atoms with Crippen molar-refractivity contribution >= 4 is 11.9 Å². The van der Waals surface area contributed by atoms with Gasteiger partial charge in [0.2, 0.25) is 0 Å². The quantitative estimate of drug-likeness (QED) is 0.278. The van der Waals surface area contributed by atoms with Crippen LogP contribution in [0.25, 0.3) is 0 Å². The maximum atomic E-state index is 11.7. The molecule has 120 valence electrons. The molecule has 0 aromatic heterocycles. The van der Waals surface area contributed by atoms with Crippen molar-refractivity contribution < 1.29 is 29.0 Å². The lowest BCUT2D eigenvalue weighted by Crippen LogP contribution is -2.35. The van der Waals surface area contributed by atoms with Crippen molar-refractivity contribution in [2.45, 2.75) is 33.1 Å². The van der Waals surface area contributed by atoms with Crippen LogP contribution < -0.4 is 0 Å². The van der Waals surface area contributed by atoms with Gasteiger partial charge < -0.3 is 19.4 Å². The molecule has 0 bridgehead atoms. The summed E-state index contributed by atoms with van der Waals surface area (Å²) < 4.78 is 10.7. The van der Waals surface area contributed by atoms with E-state index in [1.54, 1.807) is 13.8 Å². The van der Waals surface area contributed by atoms with Gasteiger partial charge in [-0.2, -0.15) is 0 Å². The Kier molecular flexibility index (Phi) is 11.2. The average molecular weight is 291 g/mol. The van der Waals surface area contributed by atoms with Crippen molar-refractivity contribution in [1.29, 1.82) is 0 Å². The van der Waals surface area contributed by atoms with E-state index in [4.69, 9.17) is 9.47 Å². The van der Waals surface area contributed by atoms with E-state index in [1.807, 2.05) is 0 Å². The molecule has 0 aliphatic carbocycles. The van der Waals surface area contributed by atoms with Crippen LogP contribution in [0.1, 0.15) is 33.1 Å². The molecule has 6 nitrogen and oxygen atoms in total. The molecular weight excluding hydrogens is 262 g/mol. The summed E-state index contributed by atoms with van der Waals surface area (Å²) in [4.78, 5) is 23.4. The molecule has 0 radical (unpaired) electrons. The normalized spacial score (nSPS) is 10.9. The molecule has 0 fully saturated rings.